The summed E-state index contributed by atoms with van der Waals surface area (Å²) < 4.78 is 13.3. The predicted octanol–water partition coefficient (Wildman–Crippen LogP) is 0.184. The van der Waals surface area contributed by atoms with Crippen LogP contribution in [0, 0.1) is 5.82 Å². The first-order chi connectivity index (χ1) is 10.1. The number of aryl methyl sites for hydroxylation is 1. The number of hydrazine groups is 1. The van der Waals surface area contributed by atoms with E-state index in [-0.39, 0.29) is 24.7 Å². The highest BCUT2D eigenvalue weighted by Gasteiger charge is 2.26. The molecular weight excluding hydrogens is 277 g/mol. The van der Waals surface area contributed by atoms with Gasteiger partial charge in [-0.2, -0.15) is 0 Å². The van der Waals surface area contributed by atoms with E-state index >= 15 is 0 Å². The first kappa shape index (κ1) is 15.0. The summed E-state index contributed by atoms with van der Waals surface area (Å²) >= 11 is 0. The second-order valence-electron chi connectivity index (χ2n) is 4.84. The maximum absolute atomic E-state index is 13.3. The molecule has 1 aliphatic rings. The fraction of sp³-hybridized carbons (Fsp3) is 0.357. The summed E-state index contributed by atoms with van der Waals surface area (Å²) in [6, 6.07) is 6.22. The van der Waals surface area contributed by atoms with E-state index in [1.807, 2.05) is 5.43 Å². The number of amides is 3. The van der Waals surface area contributed by atoms with Gasteiger partial charge in [-0.3, -0.25) is 25.2 Å². The third-order valence-corrected chi connectivity index (χ3v) is 3.01. The van der Waals surface area contributed by atoms with Gasteiger partial charge in [0.2, 0.25) is 5.91 Å². The Hall–Kier alpha value is -2.44. The van der Waals surface area contributed by atoms with Crippen molar-refractivity contribution >= 4 is 17.7 Å². The Labute approximate surface area is 121 Å². The average Bonchev–Trinajstić information content (AvgIpc) is 3.27. The van der Waals surface area contributed by atoms with Crippen LogP contribution in [0.3, 0.4) is 0 Å². The van der Waals surface area contributed by atoms with Crippen LogP contribution >= 0.6 is 0 Å². The zero-order chi connectivity index (χ0) is 15.2. The van der Waals surface area contributed by atoms with E-state index in [0.29, 0.717) is 5.56 Å². The van der Waals surface area contributed by atoms with Crippen molar-refractivity contribution in [2.45, 2.75) is 31.7 Å². The molecule has 0 unspecified atom stereocenters. The molecule has 3 amide bonds. The normalized spacial score (nSPS) is 13.4. The maximum atomic E-state index is 13.3. The Morgan fingerprint density at radius 3 is 2.48 bits per heavy atom. The minimum atomic E-state index is -0.916. The van der Waals surface area contributed by atoms with Gasteiger partial charge in [-0.25, -0.2) is 4.39 Å². The lowest BCUT2D eigenvalue weighted by Gasteiger charge is -2.07. The number of halogens is 1. The topological polar surface area (TPSA) is 87.3 Å². The molecule has 7 heteroatoms. The Kier molecular flexibility index (Phi) is 4.86. The highest BCUT2D eigenvalue weighted by atomic mass is 19.1. The summed E-state index contributed by atoms with van der Waals surface area (Å²) in [4.78, 5) is 34.2. The molecule has 1 aliphatic carbocycles. The molecule has 1 aromatic rings. The molecular formula is C14H16FN3O3. The second kappa shape index (κ2) is 6.83. The van der Waals surface area contributed by atoms with E-state index in [1.54, 1.807) is 18.2 Å². The molecule has 0 bridgehead atoms. The Morgan fingerprint density at radius 1 is 1.10 bits per heavy atom. The molecule has 0 spiro atoms. The van der Waals surface area contributed by atoms with Crippen LogP contribution in [0.2, 0.25) is 0 Å². The summed E-state index contributed by atoms with van der Waals surface area (Å²) in [5, 5.41) is 2.49. The van der Waals surface area contributed by atoms with Crippen LogP contribution in [0.25, 0.3) is 0 Å². The molecule has 0 radical (unpaired) electrons. The zero-order valence-corrected chi connectivity index (χ0v) is 11.3. The van der Waals surface area contributed by atoms with Crippen LogP contribution < -0.4 is 16.2 Å². The monoisotopic (exact) mass is 293 g/mol. The molecule has 1 aromatic carbocycles. The van der Waals surface area contributed by atoms with E-state index < -0.39 is 17.7 Å². The van der Waals surface area contributed by atoms with Gasteiger partial charge in [-0.05, 0) is 30.9 Å². The number of carbonyl (C=O) groups is 3. The van der Waals surface area contributed by atoms with Gasteiger partial charge < -0.3 is 5.32 Å². The van der Waals surface area contributed by atoms with Gasteiger partial charge in [0.25, 0.3) is 0 Å². The number of hydrogen-bond acceptors (Lipinski definition) is 3. The molecule has 112 valence electrons. The number of carbonyl (C=O) groups excluding carboxylic acids is 3. The van der Waals surface area contributed by atoms with Crippen molar-refractivity contribution in [1.29, 1.82) is 0 Å². The Morgan fingerprint density at radius 2 is 1.81 bits per heavy atom. The van der Waals surface area contributed by atoms with E-state index in [2.05, 4.69) is 10.7 Å². The molecule has 0 atom stereocenters. The molecule has 0 heterocycles. The quantitative estimate of drug-likeness (QED) is 0.547. The van der Waals surface area contributed by atoms with Gasteiger partial charge in [0.05, 0.1) is 0 Å². The molecule has 2 rings (SSSR count). The van der Waals surface area contributed by atoms with E-state index in [4.69, 9.17) is 0 Å². The van der Waals surface area contributed by atoms with Crippen molar-refractivity contribution < 1.29 is 18.8 Å². The number of nitrogens with one attached hydrogen (secondary N) is 3. The predicted molar refractivity (Wildman–Crippen MR) is 72.2 cm³/mol. The first-order valence-corrected chi connectivity index (χ1v) is 6.69. The van der Waals surface area contributed by atoms with Crippen molar-refractivity contribution in [3.8, 4) is 0 Å². The fourth-order valence-electron chi connectivity index (χ4n) is 1.67. The molecule has 0 saturated heterocycles. The molecule has 3 N–H and O–H groups in total. The van der Waals surface area contributed by atoms with Crippen molar-refractivity contribution in [2.75, 3.05) is 0 Å². The van der Waals surface area contributed by atoms with Crippen molar-refractivity contribution in [3.63, 3.8) is 0 Å². The molecule has 1 saturated carbocycles. The highest BCUT2D eigenvalue weighted by molar-refractivity contribution is 6.35. The minimum absolute atomic E-state index is 0.00541. The largest absolute Gasteiger partial charge is 0.345 e. The number of rotatable bonds is 4. The smallest absolute Gasteiger partial charge is 0.327 e. The van der Waals surface area contributed by atoms with Gasteiger partial charge >= 0.3 is 11.8 Å². The van der Waals surface area contributed by atoms with Crippen molar-refractivity contribution in [3.05, 3.63) is 35.6 Å². The van der Waals surface area contributed by atoms with E-state index in [9.17, 15) is 18.8 Å². The van der Waals surface area contributed by atoms with E-state index in [0.717, 1.165) is 12.8 Å². The number of benzene rings is 1. The van der Waals surface area contributed by atoms with Gasteiger partial charge in [-0.1, -0.05) is 18.2 Å². The van der Waals surface area contributed by atoms with Crippen LogP contribution in [0.5, 0.6) is 0 Å². The molecule has 0 aliphatic heterocycles. The lowest BCUT2D eigenvalue weighted by atomic mass is 10.1. The van der Waals surface area contributed by atoms with Gasteiger partial charge in [-0.15, -0.1) is 0 Å². The second-order valence-corrected chi connectivity index (χ2v) is 4.84. The Bertz CT molecular complexity index is 558. The van der Waals surface area contributed by atoms with Gasteiger partial charge in [0, 0.05) is 12.5 Å². The van der Waals surface area contributed by atoms with Gasteiger partial charge in [0.15, 0.2) is 0 Å². The number of hydrogen-bond donors (Lipinski definition) is 3. The molecule has 1 fully saturated rings. The average molecular weight is 293 g/mol. The summed E-state index contributed by atoms with van der Waals surface area (Å²) in [5.41, 5.74) is 4.57. The lowest BCUT2D eigenvalue weighted by molar-refractivity contribution is -0.141. The summed E-state index contributed by atoms with van der Waals surface area (Å²) in [5.74, 6) is -2.56. The minimum Gasteiger partial charge on any atom is -0.345 e. The van der Waals surface area contributed by atoms with Crippen LogP contribution in [0.15, 0.2) is 24.3 Å². The van der Waals surface area contributed by atoms with Crippen molar-refractivity contribution in [2.24, 2.45) is 0 Å². The molecule has 21 heavy (non-hydrogen) atoms. The first-order valence-electron chi connectivity index (χ1n) is 6.69. The molecule has 0 aromatic heterocycles. The van der Waals surface area contributed by atoms with E-state index in [1.165, 1.54) is 6.07 Å². The Balaban J connectivity index is 1.68. The van der Waals surface area contributed by atoms with Crippen LogP contribution in [0.1, 0.15) is 24.8 Å². The third kappa shape index (κ3) is 4.87. The van der Waals surface area contributed by atoms with Crippen LogP contribution in [-0.4, -0.2) is 23.8 Å². The molecule has 6 nitrogen and oxygen atoms in total. The summed E-state index contributed by atoms with van der Waals surface area (Å²) in [6.07, 6.45) is 1.95. The van der Waals surface area contributed by atoms with Crippen LogP contribution in [-0.2, 0) is 20.8 Å². The fourth-order valence-corrected chi connectivity index (χ4v) is 1.67. The maximum Gasteiger partial charge on any atom is 0.327 e. The van der Waals surface area contributed by atoms with Crippen molar-refractivity contribution in [1.82, 2.24) is 16.2 Å². The summed E-state index contributed by atoms with van der Waals surface area (Å²) in [6.45, 7) is 0. The zero-order valence-electron chi connectivity index (χ0n) is 11.3. The summed E-state index contributed by atoms with van der Waals surface area (Å²) in [7, 11) is 0. The standard InChI is InChI=1S/C14H16FN3O3/c15-11-4-2-1-3-9(11)5-8-12(19)17-18-14(21)13(20)16-10-6-7-10/h1-4,10H,5-8H2,(H,16,20)(H,17,19)(H,18,21). The lowest BCUT2D eigenvalue weighted by Crippen LogP contribution is -2.49. The SMILES string of the molecule is O=C(CCc1ccccc1F)NNC(=O)C(=O)NC1CC1. The van der Waals surface area contributed by atoms with Crippen LogP contribution in [0.4, 0.5) is 4.39 Å². The third-order valence-electron chi connectivity index (χ3n) is 3.01. The highest BCUT2D eigenvalue weighted by Crippen LogP contribution is 2.18. The van der Waals surface area contributed by atoms with Gasteiger partial charge in [0.1, 0.15) is 5.82 Å².